The lowest BCUT2D eigenvalue weighted by Gasteiger charge is -2.37. The van der Waals surface area contributed by atoms with E-state index in [4.69, 9.17) is 15.5 Å². The van der Waals surface area contributed by atoms with Crippen LogP contribution in [-0.4, -0.2) is 98.4 Å². The Kier molecular flexibility index (Phi) is 11.2. The van der Waals surface area contributed by atoms with Crippen molar-refractivity contribution in [1.29, 1.82) is 0 Å². The summed E-state index contributed by atoms with van der Waals surface area (Å²) < 4.78 is 40.0. The van der Waals surface area contributed by atoms with Crippen LogP contribution in [0.2, 0.25) is 0 Å². The quantitative estimate of drug-likeness (QED) is 0.133. The normalized spacial score (nSPS) is 20.6. The Morgan fingerprint density at radius 3 is 2.49 bits per heavy atom. The largest absolute Gasteiger partial charge is 0.399 e. The summed E-state index contributed by atoms with van der Waals surface area (Å²) in [6.45, 7) is 0.816. The van der Waals surface area contributed by atoms with Crippen molar-refractivity contribution >= 4 is 48.0 Å². The molecule has 5 amide bonds. The van der Waals surface area contributed by atoms with Crippen molar-refractivity contribution in [3.05, 3.63) is 71.4 Å². The van der Waals surface area contributed by atoms with Gasteiger partial charge in [0.2, 0.25) is 23.6 Å². The Balaban J connectivity index is 1.32. The van der Waals surface area contributed by atoms with Crippen molar-refractivity contribution in [2.75, 3.05) is 20.1 Å². The second-order valence-corrected chi connectivity index (χ2v) is 14.6. The molecule has 18 heteroatoms. The van der Waals surface area contributed by atoms with Crippen LogP contribution in [0.3, 0.4) is 0 Å². The minimum atomic E-state index is -5.82. The molecule has 0 spiro atoms. The molecule has 2 saturated heterocycles. The number of hydrogen-bond donors (Lipinski definition) is 7. The number of carbonyl (C=O) groups excluding carboxylic acids is 5. The molecule has 0 radical (unpaired) electrons. The van der Waals surface area contributed by atoms with Gasteiger partial charge in [-0.3, -0.25) is 28.5 Å². The van der Waals surface area contributed by atoms with Crippen molar-refractivity contribution in [2.24, 2.45) is 5.73 Å². The number of rotatable bonds is 12. The molecule has 8 N–H and O–H groups in total. The van der Waals surface area contributed by atoms with Gasteiger partial charge < -0.3 is 46.3 Å². The number of amides is 5. The van der Waals surface area contributed by atoms with Gasteiger partial charge >= 0.3 is 13.3 Å². The van der Waals surface area contributed by atoms with E-state index in [0.29, 0.717) is 25.8 Å². The number of alkyl halides is 2. The maximum atomic E-state index is 14.3. The van der Waals surface area contributed by atoms with Gasteiger partial charge in [-0.25, -0.2) is 0 Å². The van der Waals surface area contributed by atoms with E-state index in [-0.39, 0.29) is 48.6 Å². The number of primary amides is 1. The number of nitrogens with zero attached hydrogens (tertiary/aromatic N) is 2. The molecular weight excluding hydrogens is 691 g/mol. The van der Waals surface area contributed by atoms with Crippen molar-refractivity contribution in [3.8, 4) is 0 Å². The topological polar surface area (TPSA) is 227 Å². The van der Waals surface area contributed by atoms with Crippen molar-refractivity contribution in [2.45, 2.75) is 68.5 Å². The molecule has 15 nitrogen and oxygen atoms in total. The number of nitrogens with two attached hydrogens (primary N) is 1. The van der Waals surface area contributed by atoms with Crippen LogP contribution >= 0.6 is 7.60 Å². The summed E-state index contributed by atoms with van der Waals surface area (Å²) in [7, 11) is -4.04. The van der Waals surface area contributed by atoms with Crippen LogP contribution in [0.25, 0.3) is 10.9 Å². The smallest absolute Gasteiger partial charge is 0.370 e. The monoisotopic (exact) mass is 731 g/mol. The van der Waals surface area contributed by atoms with Crippen molar-refractivity contribution in [3.63, 3.8) is 0 Å². The first-order chi connectivity index (χ1) is 24.0. The fourth-order valence-electron chi connectivity index (χ4n) is 6.47. The lowest BCUT2D eigenvalue weighted by molar-refractivity contribution is -0.144. The van der Waals surface area contributed by atoms with E-state index in [1.807, 2.05) is 35.2 Å². The second kappa shape index (κ2) is 15.3. The minimum Gasteiger partial charge on any atom is -0.370 e. The van der Waals surface area contributed by atoms with Gasteiger partial charge in [0.25, 0.3) is 5.91 Å². The highest BCUT2D eigenvalue weighted by atomic mass is 31.2. The Morgan fingerprint density at radius 1 is 1.08 bits per heavy atom. The molecule has 2 aliphatic rings. The molecule has 3 aromatic rings. The Hall–Kier alpha value is -4.70. The third kappa shape index (κ3) is 8.61. The first kappa shape index (κ1) is 37.6. The average Bonchev–Trinajstić information content (AvgIpc) is 3.71. The van der Waals surface area contributed by atoms with E-state index in [1.165, 1.54) is 11.0 Å². The second-order valence-electron chi connectivity index (χ2n) is 12.9. The predicted octanol–water partition coefficient (Wildman–Crippen LogP) is 1.26. The fraction of sp³-hybridized carbons (Fsp3) is 0.424. The molecule has 51 heavy (non-hydrogen) atoms. The number of likely N-dealkylation sites (N-methyl/N-ethyl adjacent to an activating group) is 1. The number of aromatic amines is 1. The van der Waals surface area contributed by atoms with Gasteiger partial charge in [0.15, 0.2) is 0 Å². The molecule has 0 bridgehead atoms. The Bertz CT molecular complexity index is 1850. The summed E-state index contributed by atoms with van der Waals surface area (Å²) >= 11 is 0. The first-order valence-electron chi connectivity index (χ1n) is 16.3. The van der Waals surface area contributed by atoms with E-state index in [9.17, 15) is 37.3 Å². The predicted molar refractivity (Wildman–Crippen MR) is 180 cm³/mol. The third-order valence-corrected chi connectivity index (χ3v) is 10.2. The maximum Gasteiger partial charge on any atom is 0.399 e. The molecule has 0 saturated carbocycles. The van der Waals surface area contributed by atoms with Crippen LogP contribution in [0, 0.1) is 0 Å². The molecule has 274 valence electrons. The zero-order valence-electron chi connectivity index (χ0n) is 27.7. The highest BCUT2D eigenvalue weighted by molar-refractivity contribution is 7.52. The molecule has 5 rings (SSSR count). The fourth-order valence-corrected chi connectivity index (χ4v) is 6.95. The van der Waals surface area contributed by atoms with Crippen LogP contribution in [0.5, 0.6) is 0 Å². The van der Waals surface area contributed by atoms with Gasteiger partial charge in [-0.2, -0.15) is 8.78 Å². The van der Waals surface area contributed by atoms with Crippen LogP contribution < -0.4 is 21.7 Å². The van der Waals surface area contributed by atoms with Gasteiger partial charge in [-0.05, 0) is 63.0 Å². The number of benzene rings is 2. The summed E-state index contributed by atoms with van der Waals surface area (Å²) in [4.78, 5) is 90.3. The summed E-state index contributed by atoms with van der Waals surface area (Å²) in [5.74, 6) is -3.04. The highest BCUT2D eigenvalue weighted by Crippen LogP contribution is 2.59. The van der Waals surface area contributed by atoms with E-state index in [1.54, 1.807) is 7.05 Å². The molecule has 1 aromatic heterocycles. The van der Waals surface area contributed by atoms with E-state index in [2.05, 4.69) is 20.9 Å². The molecule has 2 fully saturated rings. The van der Waals surface area contributed by atoms with Crippen LogP contribution in [-0.2, 0) is 36.0 Å². The molecule has 2 aromatic carbocycles. The summed E-state index contributed by atoms with van der Waals surface area (Å²) in [6.07, 6.45) is 1.12. The standard InChI is InChI=1S/C33H40F2N7O8P/c1-41-14-13-22-8-11-27(31(46)39-24(10-12-28(36)43)29(44)37-17-19-5-3-2-4-6-19)42(22)32(47)26(18-41)40-30(45)25-16-20-15-21(7-9-23(20)38-25)33(34,35)51(48,49)50/h2-7,9,15-16,22,24,26-27,38H,8,10-14,17-18H2,1H3,(H2,36,43)(H,37,44)(H,39,46)(H,40,45)(H2,48,49,50)/t22-,24+,26+,27+/m1/s1. The summed E-state index contributed by atoms with van der Waals surface area (Å²) in [5.41, 5.74) is 0.928. The lowest BCUT2D eigenvalue weighted by Crippen LogP contribution is -2.61. The number of fused-ring (bicyclic) bond motifs is 2. The van der Waals surface area contributed by atoms with E-state index < -0.39 is 66.5 Å². The van der Waals surface area contributed by atoms with E-state index in [0.717, 1.165) is 23.8 Å². The number of carbonyl (C=O) groups is 5. The first-order valence-corrected chi connectivity index (χ1v) is 17.9. The van der Waals surface area contributed by atoms with E-state index >= 15 is 0 Å². The number of halogens is 2. The molecule has 3 heterocycles. The minimum absolute atomic E-state index is 0.0573. The van der Waals surface area contributed by atoms with Gasteiger partial charge in [0, 0.05) is 42.0 Å². The van der Waals surface area contributed by atoms with Crippen LogP contribution in [0.15, 0.2) is 54.6 Å². The number of hydrogen-bond acceptors (Lipinski definition) is 7. The van der Waals surface area contributed by atoms with Crippen molar-refractivity contribution < 1.29 is 47.1 Å². The Morgan fingerprint density at radius 2 is 1.80 bits per heavy atom. The zero-order valence-corrected chi connectivity index (χ0v) is 28.6. The highest BCUT2D eigenvalue weighted by Gasteiger charge is 2.50. The molecule has 0 unspecified atom stereocenters. The number of H-pyrrole nitrogens is 1. The van der Waals surface area contributed by atoms with Crippen molar-refractivity contribution in [1.82, 2.24) is 30.7 Å². The zero-order chi connectivity index (χ0) is 37.1. The number of nitrogens with one attached hydrogen (secondary N) is 4. The summed E-state index contributed by atoms with van der Waals surface area (Å²) in [5, 5.41) is 8.25. The third-order valence-electron chi connectivity index (χ3n) is 9.20. The SMILES string of the molecule is CN1CC[C@H]2CC[C@@H](C(=O)N[C@@H](CCC(N)=O)C(=O)NCc3ccccc3)N2C(=O)[C@@H](NC(=O)c2cc3cc(C(F)(F)P(=O)(O)O)ccc3[nH]2)C1. The molecule has 0 aliphatic carbocycles. The van der Waals surface area contributed by atoms with Crippen LogP contribution in [0.1, 0.15) is 53.7 Å². The molecule has 2 aliphatic heterocycles. The molecular formula is C33H40F2N7O8P. The molecule has 4 atom stereocenters. The van der Waals surface area contributed by atoms with Gasteiger partial charge in [-0.15, -0.1) is 0 Å². The lowest BCUT2D eigenvalue weighted by atomic mass is 10.1. The van der Waals surface area contributed by atoms with Gasteiger partial charge in [0.05, 0.1) is 0 Å². The average molecular weight is 732 g/mol. The Labute approximate surface area is 291 Å². The van der Waals surface area contributed by atoms with Crippen LogP contribution in [0.4, 0.5) is 8.78 Å². The van der Waals surface area contributed by atoms with Gasteiger partial charge in [-0.1, -0.05) is 36.4 Å². The van der Waals surface area contributed by atoms with Gasteiger partial charge in [0.1, 0.15) is 23.8 Å². The summed E-state index contributed by atoms with van der Waals surface area (Å²) in [6, 6.07) is 9.67. The number of aromatic nitrogens is 1. The maximum absolute atomic E-state index is 14.3.